The van der Waals surface area contributed by atoms with Gasteiger partial charge in [-0.2, -0.15) is 0 Å². The number of hydrogen-bond donors (Lipinski definition) is 2. The van der Waals surface area contributed by atoms with E-state index in [0.717, 1.165) is 12.0 Å². The van der Waals surface area contributed by atoms with Crippen LogP contribution in [-0.2, 0) is 15.9 Å². The fraction of sp³-hybridized carbons (Fsp3) is 0.391. The highest BCUT2D eigenvalue weighted by atomic mass is 16.5. The summed E-state index contributed by atoms with van der Waals surface area (Å²) in [5, 5.41) is 5.64. The summed E-state index contributed by atoms with van der Waals surface area (Å²) in [6.07, 6.45) is 0.955. The lowest BCUT2D eigenvalue weighted by Gasteiger charge is -2.08. The zero-order valence-electron chi connectivity index (χ0n) is 17.2. The van der Waals surface area contributed by atoms with Crippen molar-refractivity contribution in [1.82, 2.24) is 10.6 Å². The van der Waals surface area contributed by atoms with Crippen LogP contribution in [0, 0.1) is 6.92 Å². The van der Waals surface area contributed by atoms with Crippen LogP contribution >= 0.6 is 0 Å². The van der Waals surface area contributed by atoms with Crippen molar-refractivity contribution in [2.45, 2.75) is 20.3 Å². The van der Waals surface area contributed by atoms with Gasteiger partial charge in [-0.15, -0.1) is 0 Å². The molecule has 2 aromatic rings. The smallest absolute Gasteiger partial charge is 0.251 e. The highest BCUT2D eigenvalue weighted by Gasteiger charge is 2.05. The Morgan fingerprint density at radius 2 is 1.17 bits per heavy atom. The second-order valence-electron chi connectivity index (χ2n) is 6.65. The van der Waals surface area contributed by atoms with Crippen LogP contribution in [-0.4, -0.2) is 51.3 Å². The van der Waals surface area contributed by atoms with Crippen LogP contribution in [0.4, 0.5) is 0 Å². The molecule has 6 nitrogen and oxygen atoms in total. The van der Waals surface area contributed by atoms with Gasteiger partial charge in [0.2, 0.25) is 0 Å². The molecule has 2 rings (SSSR count). The molecule has 0 fully saturated rings. The van der Waals surface area contributed by atoms with E-state index in [0.29, 0.717) is 50.6 Å². The Morgan fingerprint density at radius 3 is 1.62 bits per heavy atom. The number of benzene rings is 2. The molecule has 0 saturated carbocycles. The number of nitrogens with one attached hydrogen (secondary N) is 2. The van der Waals surface area contributed by atoms with Crippen molar-refractivity contribution in [1.29, 1.82) is 0 Å². The van der Waals surface area contributed by atoms with Crippen molar-refractivity contribution in [3.8, 4) is 0 Å². The maximum atomic E-state index is 12.0. The fourth-order valence-corrected chi connectivity index (χ4v) is 2.60. The van der Waals surface area contributed by atoms with E-state index in [1.807, 2.05) is 43.3 Å². The largest absolute Gasteiger partial charge is 0.377 e. The van der Waals surface area contributed by atoms with Crippen LogP contribution in [0.25, 0.3) is 0 Å². The van der Waals surface area contributed by atoms with Gasteiger partial charge in [0, 0.05) is 24.2 Å². The van der Waals surface area contributed by atoms with Crippen LogP contribution in [0.5, 0.6) is 0 Å². The van der Waals surface area contributed by atoms with Gasteiger partial charge >= 0.3 is 0 Å². The molecular weight excluding hydrogens is 368 g/mol. The molecule has 2 aromatic carbocycles. The minimum Gasteiger partial charge on any atom is -0.377 e. The molecule has 0 spiro atoms. The number of amides is 2. The summed E-state index contributed by atoms with van der Waals surface area (Å²) >= 11 is 0. The Kier molecular flexibility index (Phi) is 9.89. The molecule has 0 atom stereocenters. The SMILES string of the molecule is CCc1ccc(C(=O)NCCOCCOCCNC(=O)c2ccc(C)cc2)cc1. The zero-order chi connectivity index (χ0) is 20.9. The van der Waals surface area contributed by atoms with Gasteiger partial charge in [0.15, 0.2) is 0 Å². The number of carbonyl (C=O) groups is 2. The molecule has 29 heavy (non-hydrogen) atoms. The summed E-state index contributed by atoms with van der Waals surface area (Å²) in [6, 6.07) is 15.0. The zero-order valence-corrected chi connectivity index (χ0v) is 17.2. The topological polar surface area (TPSA) is 76.7 Å². The van der Waals surface area contributed by atoms with Crippen LogP contribution < -0.4 is 10.6 Å². The van der Waals surface area contributed by atoms with Gasteiger partial charge in [-0.1, -0.05) is 36.8 Å². The molecular formula is C23H30N2O4. The lowest BCUT2D eigenvalue weighted by atomic mass is 10.1. The standard InChI is InChI=1S/C23H30N2O4/c1-3-19-6-10-21(11-7-19)23(27)25-13-15-29-17-16-28-14-12-24-22(26)20-8-4-18(2)5-9-20/h4-11H,3,12-17H2,1-2H3,(H,24,26)(H,25,27). The van der Waals surface area contributed by atoms with Crippen molar-refractivity contribution in [3.05, 3.63) is 70.8 Å². The first-order valence-corrected chi connectivity index (χ1v) is 9.97. The van der Waals surface area contributed by atoms with Gasteiger partial charge in [0.25, 0.3) is 11.8 Å². The molecule has 156 valence electrons. The lowest BCUT2D eigenvalue weighted by Crippen LogP contribution is -2.28. The van der Waals surface area contributed by atoms with Crippen LogP contribution in [0.1, 0.15) is 38.8 Å². The van der Waals surface area contributed by atoms with Crippen molar-refractivity contribution in [2.24, 2.45) is 0 Å². The molecule has 0 bridgehead atoms. The first kappa shape index (κ1) is 22.6. The summed E-state index contributed by atoms with van der Waals surface area (Å²) < 4.78 is 10.9. The van der Waals surface area contributed by atoms with E-state index >= 15 is 0 Å². The average molecular weight is 399 g/mol. The third kappa shape index (κ3) is 8.46. The number of aryl methyl sites for hydroxylation is 2. The average Bonchev–Trinajstić information content (AvgIpc) is 2.75. The third-order valence-electron chi connectivity index (χ3n) is 4.37. The Balaban J connectivity index is 1.45. The van der Waals surface area contributed by atoms with Gasteiger partial charge in [-0.25, -0.2) is 0 Å². The molecule has 0 saturated heterocycles. The molecule has 0 aliphatic carbocycles. The summed E-state index contributed by atoms with van der Waals surface area (Å²) in [6.45, 7) is 6.67. The Morgan fingerprint density at radius 1 is 0.724 bits per heavy atom. The second-order valence-corrected chi connectivity index (χ2v) is 6.65. The van der Waals surface area contributed by atoms with E-state index in [4.69, 9.17) is 9.47 Å². The predicted molar refractivity (Wildman–Crippen MR) is 113 cm³/mol. The highest BCUT2D eigenvalue weighted by molar-refractivity contribution is 5.94. The van der Waals surface area contributed by atoms with Crippen molar-refractivity contribution < 1.29 is 19.1 Å². The van der Waals surface area contributed by atoms with Crippen LogP contribution in [0.15, 0.2) is 48.5 Å². The molecule has 0 aliphatic heterocycles. The van der Waals surface area contributed by atoms with Crippen LogP contribution in [0.3, 0.4) is 0 Å². The van der Waals surface area contributed by atoms with E-state index in [1.165, 1.54) is 5.56 Å². The molecule has 0 unspecified atom stereocenters. The van der Waals surface area contributed by atoms with E-state index in [-0.39, 0.29) is 11.8 Å². The molecule has 2 amide bonds. The van der Waals surface area contributed by atoms with Gasteiger partial charge in [-0.05, 0) is 43.2 Å². The van der Waals surface area contributed by atoms with E-state index < -0.39 is 0 Å². The maximum Gasteiger partial charge on any atom is 0.251 e. The summed E-state index contributed by atoms with van der Waals surface area (Å²) in [5.41, 5.74) is 3.62. The first-order chi connectivity index (χ1) is 14.1. The van der Waals surface area contributed by atoms with Crippen molar-refractivity contribution >= 4 is 11.8 Å². The number of rotatable bonds is 12. The Hall–Kier alpha value is -2.70. The molecule has 2 N–H and O–H groups in total. The molecule has 0 heterocycles. The predicted octanol–water partition coefficient (Wildman–Crippen LogP) is 2.75. The van der Waals surface area contributed by atoms with Gasteiger partial charge in [0.1, 0.15) is 0 Å². The molecule has 0 radical (unpaired) electrons. The van der Waals surface area contributed by atoms with E-state index in [2.05, 4.69) is 17.6 Å². The second kappa shape index (κ2) is 12.7. The van der Waals surface area contributed by atoms with Gasteiger partial charge < -0.3 is 20.1 Å². The van der Waals surface area contributed by atoms with Gasteiger partial charge in [0.05, 0.1) is 26.4 Å². The summed E-state index contributed by atoms with van der Waals surface area (Å²) in [7, 11) is 0. The first-order valence-electron chi connectivity index (χ1n) is 9.97. The molecule has 0 aliphatic rings. The van der Waals surface area contributed by atoms with E-state index in [1.54, 1.807) is 12.1 Å². The third-order valence-corrected chi connectivity index (χ3v) is 4.37. The lowest BCUT2D eigenvalue weighted by molar-refractivity contribution is 0.0486. The van der Waals surface area contributed by atoms with E-state index in [9.17, 15) is 9.59 Å². The number of carbonyl (C=O) groups excluding carboxylic acids is 2. The maximum absolute atomic E-state index is 12.0. The fourth-order valence-electron chi connectivity index (χ4n) is 2.60. The normalized spacial score (nSPS) is 10.6. The van der Waals surface area contributed by atoms with Crippen molar-refractivity contribution in [2.75, 3.05) is 39.5 Å². The number of ether oxygens (including phenoxy) is 2. The minimum absolute atomic E-state index is 0.100. The van der Waals surface area contributed by atoms with Crippen LogP contribution in [0.2, 0.25) is 0 Å². The Bertz CT molecular complexity index is 757. The highest BCUT2D eigenvalue weighted by Crippen LogP contribution is 2.05. The summed E-state index contributed by atoms with van der Waals surface area (Å²) in [4.78, 5) is 23.9. The van der Waals surface area contributed by atoms with Gasteiger partial charge in [-0.3, -0.25) is 9.59 Å². The summed E-state index contributed by atoms with van der Waals surface area (Å²) in [5.74, 6) is -0.207. The quantitative estimate of drug-likeness (QED) is 0.539. The molecule has 0 aromatic heterocycles. The molecule has 6 heteroatoms. The monoisotopic (exact) mass is 398 g/mol. The number of hydrogen-bond acceptors (Lipinski definition) is 4. The van der Waals surface area contributed by atoms with Crippen molar-refractivity contribution in [3.63, 3.8) is 0 Å². The minimum atomic E-state index is -0.107. The Labute approximate surface area is 172 Å².